The van der Waals surface area contributed by atoms with Gasteiger partial charge in [0.15, 0.2) is 0 Å². The van der Waals surface area contributed by atoms with Gasteiger partial charge in [0, 0.05) is 17.3 Å². The average Bonchev–Trinajstić information content (AvgIpc) is 2.35. The fraction of sp³-hybridized carbons (Fsp3) is 0.500. The van der Waals surface area contributed by atoms with Crippen LogP contribution in [0.25, 0.3) is 0 Å². The van der Waals surface area contributed by atoms with Crippen molar-refractivity contribution in [1.82, 2.24) is 5.43 Å². The SMILES string of the molecule is CCCOCC(CSc1ccccc1)NN. The lowest BCUT2D eigenvalue weighted by Gasteiger charge is -2.15. The summed E-state index contributed by atoms with van der Waals surface area (Å²) in [4.78, 5) is 1.26. The molecule has 0 aliphatic heterocycles. The Morgan fingerprint density at radius 2 is 2.12 bits per heavy atom. The molecule has 0 aromatic heterocycles. The van der Waals surface area contributed by atoms with E-state index in [-0.39, 0.29) is 6.04 Å². The van der Waals surface area contributed by atoms with Crippen LogP contribution in [0.2, 0.25) is 0 Å². The van der Waals surface area contributed by atoms with E-state index in [0.717, 1.165) is 18.8 Å². The topological polar surface area (TPSA) is 47.3 Å². The van der Waals surface area contributed by atoms with Crippen LogP contribution in [-0.4, -0.2) is 25.0 Å². The highest BCUT2D eigenvalue weighted by Gasteiger charge is 2.06. The molecule has 0 aliphatic carbocycles. The van der Waals surface area contributed by atoms with Crippen LogP contribution < -0.4 is 11.3 Å². The number of hydrogen-bond donors (Lipinski definition) is 2. The predicted octanol–water partition coefficient (Wildman–Crippen LogP) is 2.04. The van der Waals surface area contributed by atoms with Crippen molar-refractivity contribution in [1.29, 1.82) is 0 Å². The Hall–Kier alpha value is -0.550. The van der Waals surface area contributed by atoms with Crippen molar-refractivity contribution >= 4 is 11.8 Å². The second-order valence-electron chi connectivity index (χ2n) is 3.56. The minimum absolute atomic E-state index is 0.205. The quantitative estimate of drug-likeness (QED) is 0.316. The average molecular weight is 240 g/mol. The molecule has 0 fully saturated rings. The Labute approximate surface area is 102 Å². The molecular formula is C12H20N2OS. The molecule has 1 rings (SSSR count). The van der Waals surface area contributed by atoms with E-state index in [2.05, 4.69) is 24.5 Å². The molecule has 0 radical (unpaired) electrons. The van der Waals surface area contributed by atoms with E-state index in [0.29, 0.717) is 6.61 Å². The van der Waals surface area contributed by atoms with Gasteiger partial charge in [-0.3, -0.25) is 11.3 Å². The van der Waals surface area contributed by atoms with Gasteiger partial charge < -0.3 is 4.74 Å². The van der Waals surface area contributed by atoms with Crippen LogP contribution in [0.5, 0.6) is 0 Å². The van der Waals surface area contributed by atoms with E-state index < -0.39 is 0 Å². The molecule has 0 bridgehead atoms. The van der Waals surface area contributed by atoms with Crippen molar-refractivity contribution in [3.63, 3.8) is 0 Å². The molecule has 0 aliphatic rings. The summed E-state index contributed by atoms with van der Waals surface area (Å²) in [5, 5.41) is 0. The maximum Gasteiger partial charge on any atom is 0.0641 e. The summed E-state index contributed by atoms with van der Waals surface area (Å²) in [6.45, 7) is 3.57. The van der Waals surface area contributed by atoms with Crippen LogP contribution in [-0.2, 0) is 4.74 Å². The summed E-state index contributed by atoms with van der Waals surface area (Å²) < 4.78 is 5.47. The highest BCUT2D eigenvalue weighted by molar-refractivity contribution is 7.99. The normalized spacial score (nSPS) is 12.6. The lowest BCUT2D eigenvalue weighted by molar-refractivity contribution is 0.117. The minimum atomic E-state index is 0.205. The van der Waals surface area contributed by atoms with Gasteiger partial charge in [0.05, 0.1) is 12.6 Å². The van der Waals surface area contributed by atoms with Crippen molar-refractivity contribution in [3.05, 3.63) is 30.3 Å². The number of nitrogens with two attached hydrogens (primary N) is 1. The zero-order valence-electron chi connectivity index (χ0n) is 9.69. The van der Waals surface area contributed by atoms with Gasteiger partial charge >= 0.3 is 0 Å². The molecule has 0 amide bonds. The van der Waals surface area contributed by atoms with E-state index in [4.69, 9.17) is 10.6 Å². The minimum Gasteiger partial charge on any atom is -0.380 e. The first kappa shape index (κ1) is 13.5. The van der Waals surface area contributed by atoms with Crippen molar-refractivity contribution in [2.24, 2.45) is 5.84 Å². The fourth-order valence-corrected chi connectivity index (χ4v) is 2.16. The first-order valence-corrected chi connectivity index (χ1v) is 6.57. The Balaban J connectivity index is 2.23. The van der Waals surface area contributed by atoms with Gasteiger partial charge in [-0.25, -0.2) is 0 Å². The standard InChI is InChI=1S/C12H20N2OS/c1-2-8-15-9-11(14-13)10-16-12-6-4-3-5-7-12/h3-7,11,14H,2,8-10,13H2,1H3. The lowest BCUT2D eigenvalue weighted by atomic mass is 10.4. The number of benzene rings is 1. The summed E-state index contributed by atoms with van der Waals surface area (Å²) in [6, 6.07) is 10.5. The van der Waals surface area contributed by atoms with Crippen LogP contribution in [0.4, 0.5) is 0 Å². The maximum absolute atomic E-state index is 5.48. The summed E-state index contributed by atoms with van der Waals surface area (Å²) in [7, 11) is 0. The maximum atomic E-state index is 5.48. The number of nitrogens with one attached hydrogen (secondary N) is 1. The monoisotopic (exact) mass is 240 g/mol. The fourth-order valence-electron chi connectivity index (χ4n) is 1.23. The molecule has 0 saturated carbocycles. The van der Waals surface area contributed by atoms with E-state index in [9.17, 15) is 0 Å². The van der Waals surface area contributed by atoms with E-state index in [1.165, 1.54) is 4.90 Å². The first-order chi connectivity index (χ1) is 7.86. The summed E-state index contributed by atoms with van der Waals surface area (Å²) in [6.07, 6.45) is 1.04. The third kappa shape index (κ3) is 5.51. The second kappa shape index (κ2) is 8.58. The molecule has 0 saturated heterocycles. The van der Waals surface area contributed by atoms with Crippen LogP contribution in [0.1, 0.15) is 13.3 Å². The Morgan fingerprint density at radius 3 is 2.75 bits per heavy atom. The third-order valence-corrected chi connectivity index (χ3v) is 3.27. The van der Waals surface area contributed by atoms with Gasteiger partial charge in [-0.2, -0.15) is 0 Å². The highest BCUT2D eigenvalue weighted by atomic mass is 32.2. The van der Waals surface area contributed by atoms with Gasteiger partial charge in [-0.05, 0) is 18.6 Å². The number of thioether (sulfide) groups is 1. The second-order valence-corrected chi connectivity index (χ2v) is 4.66. The molecule has 1 aromatic rings. The molecule has 0 spiro atoms. The van der Waals surface area contributed by atoms with Crippen molar-refractivity contribution in [2.45, 2.75) is 24.3 Å². The van der Waals surface area contributed by atoms with Crippen molar-refractivity contribution in [2.75, 3.05) is 19.0 Å². The largest absolute Gasteiger partial charge is 0.380 e. The lowest BCUT2D eigenvalue weighted by Crippen LogP contribution is -2.40. The molecule has 1 unspecified atom stereocenters. The number of rotatable bonds is 8. The van der Waals surface area contributed by atoms with E-state index in [1.54, 1.807) is 11.8 Å². The van der Waals surface area contributed by atoms with Crippen LogP contribution in [0, 0.1) is 0 Å². The van der Waals surface area contributed by atoms with Gasteiger partial charge in [-0.1, -0.05) is 25.1 Å². The zero-order valence-corrected chi connectivity index (χ0v) is 10.5. The van der Waals surface area contributed by atoms with Crippen LogP contribution in [0.15, 0.2) is 35.2 Å². The van der Waals surface area contributed by atoms with Crippen molar-refractivity contribution < 1.29 is 4.74 Å². The zero-order chi connectivity index (χ0) is 11.6. The van der Waals surface area contributed by atoms with E-state index >= 15 is 0 Å². The molecular weight excluding hydrogens is 220 g/mol. The molecule has 0 heterocycles. The van der Waals surface area contributed by atoms with Gasteiger partial charge in [-0.15, -0.1) is 11.8 Å². The third-order valence-electron chi connectivity index (χ3n) is 2.10. The van der Waals surface area contributed by atoms with Crippen LogP contribution >= 0.6 is 11.8 Å². The molecule has 90 valence electrons. The Kier molecular flexibility index (Phi) is 7.25. The number of ether oxygens (including phenoxy) is 1. The molecule has 1 aromatic carbocycles. The van der Waals surface area contributed by atoms with Gasteiger partial charge in [0.2, 0.25) is 0 Å². The van der Waals surface area contributed by atoms with Crippen molar-refractivity contribution in [3.8, 4) is 0 Å². The summed E-state index contributed by atoms with van der Waals surface area (Å²) in [5.41, 5.74) is 2.79. The van der Waals surface area contributed by atoms with Gasteiger partial charge in [0.1, 0.15) is 0 Å². The van der Waals surface area contributed by atoms with Gasteiger partial charge in [0.25, 0.3) is 0 Å². The smallest absolute Gasteiger partial charge is 0.0641 e. The molecule has 1 atom stereocenters. The summed E-state index contributed by atoms with van der Waals surface area (Å²) in [5.74, 6) is 6.40. The van der Waals surface area contributed by atoms with Crippen LogP contribution in [0.3, 0.4) is 0 Å². The number of hydrogen-bond acceptors (Lipinski definition) is 4. The molecule has 4 heteroatoms. The molecule has 3 N–H and O–H groups in total. The molecule has 3 nitrogen and oxygen atoms in total. The molecule has 16 heavy (non-hydrogen) atoms. The predicted molar refractivity (Wildman–Crippen MR) is 69.4 cm³/mol. The Bertz CT molecular complexity index is 269. The number of hydrazine groups is 1. The highest BCUT2D eigenvalue weighted by Crippen LogP contribution is 2.17. The first-order valence-electron chi connectivity index (χ1n) is 5.58. The van der Waals surface area contributed by atoms with E-state index in [1.807, 2.05) is 18.2 Å². The summed E-state index contributed by atoms with van der Waals surface area (Å²) >= 11 is 1.79. The Morgan fingerprint density at radius 1 is 1.38 bits per heavy atom.